The molecule has 5 aromatic rings. The number of alkyl halides is 2. The van der Waals surface area contributed by atoms with Gasteiger partial charge in [-0.3, -0.25) is 28.8 Å². The predicted octanol–water partition coefficient (Wildman–Crippen LogP) is 11.5. The van der Waals surface area contributed by atoms with Crippen molar-refractivity contribution >= 4 is 116 Å². The van der Waals surface area contributed by atoms with Crippen molar-refractivity contribution < 1.29 is 28.8 Å². The summed E-state index contributed by atoms with van der Waals surface area (Å²) >= 11 is 24.4. The number of rotatable bonds is 20. The number of hydrogen-bond acceptors (Lipinski definition) is 10. The van der Waals surface area contributed by atoms with E-state index in [0.29, 0.717) is 71.3 Å². The number of ketones is 2. The fourth-order valence-electron chi connectivity index (χ4n) is 6.38. The Kier molecular flexibility index (Phi) is 18.6. The van der Waals surface area contributed by atoms with Gasteiger partial charge in [0.15, 0.2) is 11.6 Å². The fraction of sp³-hybridized carbons (Fsp3) is 0.250. The van der Waals surface area contributed by atoms with Crippen LogP contribution in [0.1, 0.15) is 70.7 Å². The van der Waals surface area contributed by atoms with Crippen molar-refractivity contribution in [2.75, 3.05) is 33.0 Å². The Labute approximate surface area is 402 Å². The molecule has 0 spiro atoms. The molecule has 0 aromatic heterocycles. The number of benzene rings is 5. The molecule has 5 aromatic carbocycles. The van der Waals surface area contributed by atoms with Gasteiger partial charge < -0.3 is 21.3 Å². The number of halogens is 4. The molecule has 2 atom stereocenters. The molecular weight excluding hydrogens is 926 g/mol. The van der Waals surface area contributed by atoms with E-state index in [1.54, 1.807) is 36.4 Å². The highest BCUT2D eigenvalue weighted by molar-refractivity contribution is 6.33. The number of azo groups is 2. The summed E-state index contributed by atoms with van der Waals surface area (Å²) in [5.41, 5.74) is 5.61. The van der Waals surface area contributed by atoms with Gasteiger partial charge in [-0.25, -0.2) is 0 Å². The number of Topliss-reactive ketones (excluding diaryl/α,β-unsaturated/α-hetero) is 2. The molecule has 66 heavy (non-hydrogen) atoms. The van der Waals surface area contributed by atoms with Crippen LogP contribution in [0, 0.1) is 0 Å². The fourth-order valence-corrected chi connectivity index (χ4v) is 7.13. The van der Waals surface area contributed by atoms with Crippen LogP contribution in [0.25, 0.3) is 0 Å². The Morgan fingerprint density at radius 2 is 0.879 bits per heavy atom. The third-order valence-corrected chi connectivity index (χ3v) is 11.1. The number of aryl methyl sites for hydroxylation is 4. The number of carbonyl (C=O) groups excluding carboxylic acids is 6. The van der Waals surface area contributed by atoms with Crippen LogP contribution in [0.15, 0.2) is 118 Å². The molecule has 0 bridgehead atoms. The van der Waals surface area contributed by atoms with Gasteiger partial charge in [0, 0.05) is 45.6 Å². The van der Waals surface area contributed by atoms with Crippen molar-refractivity contribution in [3.63, 3.8) is 0 Å². The first kappa shape index (κ1) is 50.7. The second-order valence-electron chi connectivity index (χ2n) is 14.8. The maximum atomic E-state index is 13.6. The molecule has 4 amide bonds. The largest absolute Gasteiger partial charge is 0.323 e. The van der Waals surface area contributed by atoms with Gasteiger partial charge in [0.2, 0.25) is 12.1 Å². The zero-order valence-corrected chi connectivity index (χ0v) is 39.4. The van der Waals surface area contributed by atoms with E-state index in [2.05, 4.69) is 41.7 Å². The Bertz CT molecular complexity index is 2490. The standard InChI is InChI=1S/C48H46Cl4N8O6/c1-5-31-23-40(56-48(66)44(28(4)62)60-58-42-26-34(12-18-38(42)52)46(64)54-36-15-9-30(10-16-36)20-22-50)32(6-2)24-39(31)55-47(65)43(27(3)61)59-57-41-25-33(11-17-37(41)51)45(63)53-35-13-7-29(8-14-35)19-21-49/h7-18,23-26,43-44H,5-6,19-22H2,1-4H3,(H,53,63)(H,54,64)(H,55,65)(H,56,66). The summed E-state index contributed by atoms with van der Waals surface area (Å²) in [6, 6.07) is 23.4. The zero-order chi connectivity index (χ0) is 47.9. The number of nitrogens with one attached hydrogen (secondary N) is 4. The molecule has 0 heterocycles. The molecule has 14 nitrogen and oxygen atoms in total. The van der Waals surface area contributed by atoms with E-state index >= 15 is 0 Å². The van der Waals surface area contributed by atoms with Crippen LogP contribution in [-0.2, 0) is 44.9 Å². The average Bonchev–Trinajstić information content (AvgIpc) is 3.29. The molecular formula is C48H46Cl4N8O6. The summed E-state index contributed by atoms with van der Waals surface area (Å²) in [5, 5.41) is 27.7. The van der Waals surface area contributed by atoms with Crippen LogP contribution in [0.3, 0.4) is 0 Å². The number of anilines is 4. The monoisotopic (exact) mass is 970 g/mol. The summed E-state index contributed by atoms with van der Waals surface area (Å²) in [4.78, 5) is 78.9. The van der Waals surface area contributed by atoms with Gasteiger partial charge in [-0.15, -0.1) is 23.2 Å². The van der Waals surface area contributed by atoms with E-state index in [1.807, 2.05) is 38.1 Å². The van der Waals surface area contributed by atoms with Crippen LogP contribution in [0.4, 0.5) is 34.1 Å². The van der Waals surface area contributed by atoms with Crippen LogP contribution in [0.2, 0.25) is 10.0 Å². The number of hydrogen-bond donors (Lipinski definition) is 4. The highest BCUT2D eigenvalue weighted by Gasteiger charge is 2.27. The Balaban J connectivity index is 1.29. The highest BCUT2D eigenvalue weighted by Crippen LogP contribution is 2.31. The Morgan fingerprint density at radius 3 is 1.20 bits per heavy atom. The zero-order valence-electron chi connectivity index (χ0n) is 36.4. The molecule has 0 aliphatic rings. The molecule has 0 fully saturated rings. The van der Waals surface area contributed by atoms with E-state index in [-0.39, 0.29) is 32.5 Å². The summed E-state index contributed by atoms with van der Waals surface area (Å²) < 4.78 is 0. The maximum absolute atomic E-state index is 13.6. The summed E-state index contributed by atoms with van der Waals surface area (Å²) in [5.74, 6) is -2.71. The summed E-state index contributed by atoms with van der Waals surface area (Å²) in [6.07, 6.45) is 2.15. The first-order valence-electron chi connectivity index (χ1n) is 20.8. The second-order valence-corrected chi connectivity index (χ2v) is 16.4. The van der Waals surface area contributed by atoms with Crippen LogP contribution < -0.4 is 21.3 Å². The normalized spacial score (nSPS) is 12.1. The topological polar surface area (TPSA) is 200 Å². The van der Waals surface area contributed by atoms with Gasteiger partial charge in [-0.1, -0.05) is 61.3 Å². The van der Waals surface area contributed by atoms with Gasteiger partial charge in [0.25, 0.3) is 23.6 Å². The molecule has 0 radical (unpaired) electrons. The first-order chi connectivity index (χ1) is 31.6. The maximum Gasteiger partial charge on any atom is 0.258 e. The van der Waals surface area contributed by atoms with Gasteiger partial charge in [0.1, 0.15) is 11.4 Å². The third kappa shape index (κ3) is 13.8. The summed E-state index contributed by atoms with van der Waals surface area (Å²) in [7, 11) is 0. The van der Waals surface area contributed by atoms with Crippen LogP contribution in [0.5, 0.6) is 0 Å². The average molecular weight is 973 g/mol. The summed E-state index contributed by atoms with van der Waals surface area (Å²) in [6.45, 7) is 6.05. The van der Waals surface area contributed by atoms with Gasteiger partial charge in [0.05, 0.1) is 10.0 Å². The van der Waals surface area contributed by atoms with Crippen molar-refractivity contribution in [3.05, 3.63) is 140 Å². The molecule has 0 aliphatic heterocycles. The van der Waals surface area contributed by atoms with Crippen LogP contribution in [-0.4, -0.2) is 59.0 Å². The molecule has 4 N–H and O–H groups in total. The lowest BCUT2D eigenvalue weighted by atomic mass is 10.0. The molecule has 2 unspecified atom stereocenters. The van der Waals surface area contributed by atoms with Gasteiger partial charge >= 0.3 is 0 Å². The van der Waals surface area contributed by atoms with E-state index in [1.165, 1.54) is 50.2 Å². The molecule has 18 heteroatoms. The highest BCUT2D eigenvalue weighted by atomic mass is 35.5. The molecule has 0 aliphatic carbocycles. The van der Waals surface area contributed by atoms with E-state index in [0.717, 1.165) is 11.1 Å². The van der Waals surface area contributed by atoms with Crippen LogP contribution >= 0.6 is 46.4 Å². The van der Waals surface area contributed by atoms with Gasteiger partial charge in [-0.05, 0) is 135 Å². The predicted molar refractivity (Wildman–Crippen MR) is 261 cm³/mol. The Hall–Kier alpha value is -6.32. The van der Waals surface area contributed by atoms with Crippen molar-refractivity contribution in [2.45, 2.75) is 65.5 Å². The lowest BCUT2D eigenvalue weighted by Crippen LogP contribution is -2.33. The van der Waals surface area contributed by atoms with Crippen molar-refractivity contribution in [1.29, 1.82) is 0 Å². The van der Waals surface area contributed by atoms with Crippen molar-refractivity contribution in [2.24, 2.45) is 20.5 Å². The minimum atomic E-state index is -1.58. The molecule has 0 saturated carbocycles. The SMILES string of the molecule is CCc1cc(NC(=O)C(N=Nc2cc(C(=O)Nc3ccc(CCCl)cc3)ccc2Cl)C(C)=O)c(CC)cc1NC(=O)C(N=Nc1cc(C(=O)Nc2ccc(CCCl)cc2)ccc1Cl)C(C)=O. The third-order valence-electron chi connectivity index (χ3n) is 10.0. The quantitative estimate of drug-likeness (QED) is 0.0340. The smallest absolute Gasteiger partial charge is 0.258 e. The lowest BCUT2D eigenvalue weighted by molar-refractivity contribution is -0.127. The lowest BCUT2D eigenvalue weighted by Gasteiger charge is -2.18. The number of amides is 4. The molecule has 342 valence electrons. The van der Waals surface area contributed by atoms with Crippen molar-refractivity contribution in [3.8, 4) is 0 Å². The first-order valence-corrected chi connectivity index (χ1v) is 22.6. The second kappa shape index (κ2) is 24.3. The number of carbonyl (C=O) groups is 6. The van der Waals surface area contributed by atoms with E-state index in [4.69, 9.17) is 46.4 Å². The molecule has 0 saturated heterocycles. The van der Waals surface area contributed by atoms with E-state index in [9.17, 15) is 28.8 Å². The van der Waals surface area contributed by atoms with Crippen molar-refractivity contribution in [1.82, 2.24) is 0 Å². The van der Waals surface area contributed by atoms with Gasteiger partial charge in [-0.2, -0.15) is 20.5 Å². The minimum Gasteiger partial charge on any atom is -0.323 e. The van der Waals surface area contributed by atoms with E-state index < -0.39 is 47.3 Å². The Morgan fingerprint density at radius 1 is 0.515 bits per heavy atom. The minimum absolute atomic E-state index is 0.0623. The molecule has 5 rings (SSSR count). The number of nitrogens with zero attached hydrogens (tertiary/aromatic N) is 4.